The first-order valence-electron chi connectivity index (χ1n) is 7.72. The lowest BCUT2D eigenvalue weighted by Crippen LogP contribution is -2.35. The van der Waals surface area contributed by atoms with Crippen molar-refractivity contribution >= 4 is 10.0 Å². The maximum absolute atomic E-state index is 12.5. The van der Waals surface area contributed by atoms with E-state index in [1.807, 2.05) is 13.0 Å². The first-order chi connectivity index (χ1) is 9.92. The molecule has 0 spiro atoms. The quantitative estimate of drug-likeness (QED) is 0.848. The highest BCUT2D eigenvalue weighted by Gasteiger charge is 2.33. The van der Waals surface area contributed by atoms with Crippen LogP contribution in [0.25, 0.3) is 0 Å². The average Bonchev–Trinajstić information content (AvgIpc) is 2.94. The Labute approximate surface area is 128 Å². The highest BCUT2D eigenvalue weighted by Crippen LogP contribution is 2.40. The predicted molar refractivity (Wildman–Crippen MR) is 85.5 cm³/mol. The zero-order valence-corrected chi connectivity index (χ0v) is 13.8. The second kappa shape index (κ2) is 6.46. The summed E-state index contributed by atoms with van der Waals surface area (Å²) in [5, 5.41) is 0. The molecule has 0 bridgehead atoms. The van der Waals surface area contributed by atoms with Crippen LogP contribution in [0.2, 0.25) is 0 Å². The second-order valence-corrected chi connectivity index (χ2v) is 7.92. The van der Waals surface area contributed by atoms with Crippen molar-refractivity contribution in [2.45, 2.75) is 57.4 Å². The molecule has 21 heavy (non-hydrogen) atoms. The summed E-state index contributed by atoms with van der Waals surface area (Å²) >= 11 is 0. The molecule has 0 heterocycles. The van der Waals surface area contributed by atoms with E-state index in [9.17, 15) is 8.42 Å². The Morgan fingerprint density at radius 2 is 1.95 bits per heavy atom. The molecule has 1 fully saturated rings. The van der Waals surface area contributed by atoms with Gasteiger partial charge in [0.1, 0.15) is 0 Å². The molecule has 1 aromatic carbocycles. The number of aryl methyl sites for hydroxylation is 1. The van der Waals surface area contributed by atoms with Crippen LogP contribution in [0, 0.1) is 12.3 Å². The van der Waals surface area contributed by atoms with E-state index in [0.717, 1.165) is 30.4 Å². The van der Waals surface area contributed by atoms with Gasteiger partial charge in [-0.2, -0.15) is 0 Å². The van der Waals surface area contributed by atoms with Crippen LogP contribution in [0.3, 0.4) is 0 Å². The lowest BCUT2D eigenvalue weighted by atomic mass is 9.84. The van der Waals surface area contributed by atoms with Gasteiger partial charge in [-0.05, 0) is 48.8 Å². The maximum Gasteiger partial charge on any atom is 0.240 e. The van der Waals surface area contributed by atoms with E-state index in [1.54, 1.807) is 12.1 Å². The fourth-order valence-corrected chi connectivity index (χ4v) is 4.63. The number of hydrogen-bond acceptors (Lipinski definition) is 3. The molecule has 5 heteroatoms. The Morgan fingerprint density at radius 1 is 1.29 bits per heavy atom. The zero-order chi connectivity index (χ0) is 15.5. The molecule has 0 aliphatic heterocycles. The third-order valence-electron chi connectivity index (χ3n) is 4.82. The van der Waals surface area contributed by atoms with Gasteiger partial charge in [-0.3, -0.25) is 0 Å². The third-order valence-corrected chi connectivity index (χ3v) is 6.38. The lowest BCUT2D eigenvalue weighted by molar-refractivity contribution is 0.285. The van der Waals surface area contributed by atoms with Crippen molar-refractivity contribution in [1.82, 2.24) is 4.72 Å². The van der Waals surface area contributed by atoms with Gasteiger partial charge in [0.2, 0.25) is 10.0 Å². The second-order valence-electron chi connectivity index (χ2n) is 6.19. The number of nitrogens with one attached hydrogen (secondary N) is 1. The van der Waals surface area contributed by atoms with Gasteiger partial charge in [0.15, 0.2) is 0 Å². The standard InChI is InChI=1S/C16H26N2O2S/c1-3-16(8-4-5-9-16)12-18-21(19,20)15-7-6-14(11-17)10-13(15)2/h6-7,10,18H,3-5,8-9,11-12,17H2,1-2H3. The molecular weight excluding hydrogens is 284 g/mol. The molecule has 1 aromatic rings. The number of hydrogen-bond donors (Lipinski definition) is 2. The Balaban J connectivity index is 2.15. The van der Waals surface area contributed by atoms with E-state index in [2.05, 4.69) is 11.6 Å². The van der Waals surface area contributed by atoms with E-state index in [-0.39, 0.29) is 5.41 Å². The summed E-state index contributed by atoms with van der Waals surface area (Å²) in [7, 11) is -3.44. The molecule has 0 amide bonds. The smallest absolute Gasteiger partial charge is 0.240 e. The van der Waals surface area contributed by atoms with Crippen LogP contribution in [-0.4, -0.2) is 15.0 Å². The Bertz CT molecular complexity index is 590. The summed E-state index contributed by atoms with van der Waals surface area (Å²) in [6, 6.07) is 5.29. The van der Waals surface area contributed by atoms with Gasteiger partial charge in [0, 0.05) is 13.1 Å². The number of sulfonamides is 1. The van der Waals surface area contributed by atoms with Gasteiger partial charge in [-0.15, -0.1) is 0 Å². The van der Waals surface area contributed by atoms with Crippen molar-refractivity contribution < 1.29 is 8.42 Å². The largest absolute Gasteiger partial charge is 0.326 e. The molecule has 0 radical (unpaired) electrons. The van der Waals surface area contributed by atoms with E-state index < -0.39 is 10.0 Å². The van der Waals surface area contributed by atoms with Crippen LogP contribution >= 0.6 is 0 Å². The van der Waals surface area contributed by atoms with Gasteiger partial charge in [0.05, 0.1) is 4.90 Å². The fraction of sp³-hybridized carbons (Fsp3) is 0.625. The van der Waals surface area contributed by atoms with Crippen molar-refractivity contribution in [3.8, 4) is 0 Å². The molecule has 2 rings (SSSR count). The van der Waals surface area contributed by atoms with Crippen LogP contribution in [0.1, 0.15) is 50.2 Å². The first-order valence-corrected chi connectivity index (χ1v) is 9.20. The first kappa shape index (κ1) is 16.5. The Hall–Kier alpha value is -0.910. The number of benzene rings is 1. The van der Waals surface area contributed by atoms with Crippen molar-refractivity contribution in [1.29, 1.82) is 0 Å². The molecule has 118 valence electrons. The molecular formula is C16H26N2O2S. The summed E-state index contributed by atoms with van der Waals surface area (Å²) in [4.78, 5) is 0.365. The topological polar surface area (TPSA) is 72.2 Å². The minimum absolute atomic E-state index is 0.151. The predicted octanol–water partition coefficient (Wildman–Crippen LogP) is 2.70. The normalized spacial score (nSPS) is 18.0. The van der Waals surface area contributed by atoms with Crippen LogP contribution in [0.5, 0.6) is 0 Å². The summed E-state index contributed by atoms with van der Waals surface area (Å²) in [5.41, 5.74) is 7.44. The molecule has 0 aromatic heterocycles. The highest BCUT2D eigenvalue weighted by molar-refractivity contribution is 7.89. The van der Waals surface area contributed by atoms with Crippen molar-refractivity contribution in [2.24, 2.45) is 11.1 Å². The van der Waals surface area contributed by atoms with Gasteiger partial charge < -0.3 is 5.73 Å². The van der Waals surface area contributed by atoms with E-state index in [4.69, 9.17) is 5.73 Å². The average molecular weight is 310 g/mol. The Kier molecular flexibility index (Phi) is 5.07. The maximum atomic E-state index is 12.5. The fourth-order valence-electron chi connectivity index (χ4n) is 3.25. The molecule has 0 saturated heterocycles. The molecule has 4 nitrogen and oxygen atoms in total. The summed E-state index contributed by atoms with van der Waals surface area (Å²) in [6.45, 7) is 4.94. The molecule has 0 unspecified atom stereocenters. The van der Waals surface area contributed by atoms with Crippen molar-refractivity contribution in [2.75, 3.05) is 6.54 Å². The molecule has 3 N–H and O–H groups in total. The van der Waals surface area contributed by atoms with Crippen LogP contribution in [0.4, 0.5) is 0 Å². The van der Waals surface area contributed by atoms with Crippen molar-refractivity contribution in [3.05, 3.63) is 29.3 Å². The molecule has 0 atom stereocenters. The highest BCUT2D eigenvalue weighted by atomic mass is 32.2. The summed E-state index contributed by atoms with van der Waals surface area (Å²) < 4.78 is 27.9. The van der Waals surface area contributed by atoms with Crippen molar-refractivity contribution in [3.63, 3.8) is 0 Å². The molecule has 1 aliphatic carbocycles. The number of nitrogens with two attached hydrogens (primary N) is 1. The Morgan fingerprint density at radius 3 is 2.48 bits per heavy atom. The van der Waals surface area contributed by atoms with Gasteiger partial charge >= 0.3 is 0 Å². The lowest BCUT2D eigenvalue weighted by Gasteiger charge is -2.27. The van der Waals surface area contributed by atoms with Crippen LogP contribution in [0.15, 0.2) is 23.1 Å². The minimum atomic E-state index is -3.44. The van der Waals surface area contributed by atoms with E-state index in [0.29, 0.717) is 18.0 Å². The van der Waals surface area contributed by atoms with Crippen LogP contribution in [-0.2, 0) is 16.6 Å². The monoisotopic (exact) mass is 310 g/mol. The summed E-state index contributed by atoms with van der Waals surface area (Å²) in [6.07, 6.45) is 5.69. The number of rotatable bonds is 6. The van der Waals surface area contributed by atoms with Gasteiger partial charge in [-0.25, -0.2) is 13.1 Å². The van der Waals surface area contributed by atoms with E-state index >= 15 is 0 Å². The minimum Gasteiger partial charge on any atom is -0.326 e. The van der Waals surface area contributed by atoms with Crippen LogP contribution < -0.4 is 10.5 Å². The van der Waals surface area contributed by atoms with Gasteiger partial charge in [0.25, 0.3) is 0 Å². The summed E-state index contributed by atoms with van der Waals surface area (Å²) in [5.74, 6) is 0. The molecule has 1 saturated carbocycles. The third kappa shape index (κ3) is 3.65. The van der Waals surface area contributed by atoms with E-state index in [1.165, 1.54) is 12.8 Å². The van der Waals surface area contributed by atoms with Gasteiger partial charge in [-0.1, -0.05) is 31.9 Å². The molecule has 1 aliphatic rings. The SMILES string of the molecule is CCC1(CNS(=O)(=O)c2ccc(CN)cc2C)CCCC1. The zero-order valence-electron chi connectivity index (χ0n) is 13.0.